The standard InChI is InChI=1S/C27H20N4O/c1-3-9-20(10-4-1)25-19-26(31-27(30-25)24-13-7-8-18-28-24)29-21-14-16-23(17-15-21)32-22-11-5-2-6-12-22/h1-19H,(H,29,30,31). The van der Waals surface area contributed by atoms with Crippen molar-refractivity contribution in [1.29, 1.82) is 0 Å². The van der Waals surface area contributed by atoms with Gasteiger partial charge >= 0.3 is 0 Å². The number of para-hydroxylation sites is 1. The van der Waals surface area contributed by atoms with Crippen molar-refractivity contribution in [3.05, 3.63) is 115 Å². The topological polar surface area (TPSA) is 59.9 Å². The first kappa shape index (κ1) is 19.5. The van der Waals surface area contributed by atoms with E-state index in [9.17, 15) is 0 Å². The Labute approximate surface area is 186 Å². The molecule has 0 radical (unpaired) electrons. The highest BCUT2D eigenvalue weighted by atomic mass is 16.5. The van der Waals surface area contributed by atoms with Crippen LogP contribution >= 0.6 is 0 Å². The van der Waals surface area contributed by atoms with Crippen LogP contribution in [0.3, 0.4) is 0 Å². The number of nitrogens with one attached hydrogen (secondary N) is 1. The largest absolute Gasteiger partial charge is 0.457 e. The minimum Gasteiger partial charge on any atom is -0.457 e. The van der Waals surface area contributed by atoms with Crippen molar-refractivity contribution in [2.24, 2.45) is 0 Å². The lowest BCUT2D eigenvalue weighted by molar-refractivity contribution is 0.483. The van der Waals surface area contributed by atoms with Gasteiger partial charge in [-0.15, -0.1) is 0 Å². The number of hydrogen-bond donors (Lipinski definition) is 1. The Bertz CT molecular complexity index is 1230. The Morgan fingerprint density at radius 1 is 0.594 bits per heavy atom. The Hall–Kier alpha value is -4.51. The number of ether oxygens (including phenoxy) is 1. The van der Waals surface area contributed by atoms with Crippen molar-refractivity contribution in [3.8, 4) is 34.3 Å². The van der Waals surface area contributed by atoms with E-state index in [2.05, 4.69) is 10.3 Å². The van der Waals surface area contributed by atoms with E-state index in [1.807, 2.05) is 109 Å². The van der Waals surface area contributed by atoms with Gasteiger partial charge in [0, 0.05) is 23.5 Å². The van der Waals surface area contributed by atoms with Gasteiger partial charge in [-0.05, 0) is 48.5 Å². The summed E-state index contributed by atoms with van der Waals surface area (Å²) >= 11 is 0. The summed E-state index contributed by atoms with van der Waals surface area (Å²) in [6.07, 6.45) is 1.74. The quantitative estimate of drug-likeness (QED) is 0.332. The Morgan fingerprint density at radius 3 is 2.00 bits per heavy atom. The molecule has 1 N–H and O–H groups in total. The summed E-state index contributed by atoms with van der Waals surface area (Å²) in [5, 5.41) is 3.38. The van der Waals surface area contributed by atoms with E-state index in [1.165, 1.54) is 0 Å². The minimum absolute atomic E-state index is 0.568. The third-order valence-electron chi connectivity index (χ3n) is 4.80. The van der Waals surface area contributed by atoms with E-state index < -0.39 is 0 Å². The molecular weight excluding hydrogens is 396 g/mol. The normalized spacial score (nSPS) is 10.5. The monoisotopic (exact) mass is 416 g/mol. The van der Waals surface area contributed by atoms with E-state index in [4.69, 9.17) is 14.7 Å². The second-order valence-corrected chi connectivity index (χ2v) is 7.11. The molecule has 0 saturated heterocycles. The Balaban J connectivity index is 1.43. The van der Waals surface area contributed by atoms with Gasteiger partial charge in [-0.25, -0.2) is 9.97 Å². The zero-order valence-electron chi connectivity index (χ0n) is 17.2. The molecule has 3 aromatic carbocycles. The molecule has 0 aliphatic carbocycles. The van der Waals surface area contributed by atoms with Gasteiger partial charge in [0.15, 0.2) is 5.82 Å². The SMILES string of the molecule is c1ccc(Oc2ccc(Nc3cc(-c4ccccc4)nc(-c4ccccn4)n3)cc2)cc1. The molecule has 0 unspecified atom stereocenters. The van der Waals surface area contributed by atoms with Crippen molar-refractivity contribution in [1.82, 2.24) is 15.0 Å². The zero-order valence-corrected chi connectivity index (χ0v) is 17.2. The Morgan fingerprint density at radius 2 is 1.28 bits per heavy atom. The van der Waals surface area contributed by atoms with Gasteiger partial charge < -0.3 is 10.1 Å². The maximum absolute atomic E-state index is 5.88. The van der Waals surface area contributed by atoms with Crippen molar-refractivity contribution < 1.29 is 4.74 Å². The number of aromatic nitrogens is 3. The second kappa shape index (κ2) is 9.10. The van der Waals surface area contributed by atoms with Crippen molar-refractivity contribution >= 4 is 11.5 Å². The molecule has 5 aromatic rings. The fourth-order valence-corrected chi connectivity index (χ4v) is 3.26. The first-order valence-corrected chi connectivity index (χ1v) is 10.3. The first-order valence-electron chi connectivity index (χ1n) is 10.3. The van der Waals surface area contributed by atoms with Crippen LogP contribution < -0.4 is 10.1 Å². The summed E-state index contributed by atoms with van der Waals surface area (Å²) in [7, 11) is 0. The molecule has 5 nitrogen and oxygen atoms in total. The van der Waals surface area contributed by atoms with E-state index in [0.29, 0.717) is 11.6 Å². The summed E-state index contributed by atoms with van der Waals surface area (Å²) in [6, 6.07) is 35.2. The number of pyridine rings is 1. The average molecular weight is 416 g/mol. The molecule has 0 amide bonds. The third kappa shape index (κ3) is 4.63. The van der Waals surface area contributed by atoms with Gasteiger partial charge in [-0.1, -0.05) is 54.6 Å². The lowest BCUT2D eigenvalue weighted by atomic mass is 10.1. The number of anilines is 2. The number of hydrogen-bond acceptors (Lipinski definition) is 5. The molecule has 5 rings (SSSR count). The average Bonchev–Trinajstić information content (AvgIpc) is 2.87. The number of rotatable bonds is 6. The molecule has 0 bridgehead atoms. The van der Waals surface area contributed by atoms with Crippen LogP contribution in [-0.2, 0) is 0 Å². The second-order valence-electron chi connectivity index (χ2n) is 7.11. The molecular formula is C27H20N4O. The highest BCUT2D eigenvalue weighted by molar-refractivity contribution is 5.69. The summed E-state index contributed by atoms with van der Waals surface area (Å²) < 4.78 is 5.88. The molecule has 0 spiro atoms. The van der Waals surface area contributed by atoms with Gasteiger partial charge in [-0.2, -0.15) is 0 Å². The van der Waals surface area contributed by atoms with Crippen LogP contribution in [0.15, 0.2) is 115 Å². The molecule has 5 heteroatoms. The van der Waals surface area contributed by atoms with Crippen molar-refractivity contribution in [2.75, 3.05) is 5.32 Å². The molecule has 0 aliphatic rings. The fourth-order valence-electron chi connectivity index (χ4n) is 3.26. The lowest BCUT2D eigenvalue weighted by Crippen LogP contribution is -2.00. The highest BCUT2D eigenvalue weighted by Gasteiger charge is 2.10. The molecule has 0 saturated carbocycles. The van der Waals surface area contributed by atoms with Gasteiger partial charge in [0.1, 0.15) is 23.0 Å². The number of nitrogens with zero attached hydrogens (tertiary/aromatic N) is 3. The molecule has 2 heterocycles. The maximum Gasteiger partial charge on any atom is 0.180 e. The highest BCUT2D eigenvalue weighted by Crippen LogP contribution is 2.27. The smallest absolute Gasteiger partial charge is 0.180 e. The molecule has 0 atom stereocenters. The summed E-state index contributed by atoms with van der Waals surface area (Å²) in [5.74, 6) is 2.83. The van der Waals surface area contributed by atoms with E-state index in [-0.39, 0.29) is 0 Å². The minimum atomic E-state index is 0.568. The number of benzene rings is 3. The van der Waals surface area contributed by atoms with Crippen LogP contribution in [-0.4, -0.2) is 15.0 Å². The van der Waals surface area contributed by atoms with Crippen LogP contribution in [0.5, 0.6) is 11.5 Å². The fraction of sp³-hybridized carbons (Fsp3) is 0. The van der Waals surface area contributed by atoms with Crippen LogP contribution in [0.25, 0.3) is 22.8 Å². The maximum atomic E-state index is 5.88. The third-order valence-corrected chi connectivity index (χ3v) is 4.80. The predicted octanol–water partition coefficient (Wildman–Crippen LogP) is 6.74. The van der Waals surface area contributed by atoms with Gasteiger partial charge in [-0.3, -0.25) is 4.98 Å². The van der Waals surface area contributed by atoms with Crippen LogP contribution in [0.2, 0.25) is 0 Å². The molecule has 154 valence electrons. The summed E-state index contributed by atoms with van der Waals surface area (Å²) in [5.41, 5.74) is 3.46. The zero-order chi connectivity index (χ0) is 21.6. The van der Waals surface area contributed by atoms with Crippen LogP contribution in [0.4, 0.5) is 11.5 Å². The summed E-state index contributed by atoms with van der Waals surface area (Å²) in [4.78, 5) is 13.9. The van der Waals surface area contributed by atoms with E-state index in [1.54, 1.807) is 6.20 Å². The summed E-state index contributed by atoms with van der Waals surface area (Å²) in [6.45, 7) is 0. The van der Waals surface area contributed by atoms with Crippen LogP contribution in [0.1, 0.15) is 0 Å². The molecule has 0 aliphatic heterocycles. The van der Waals surface area contributed by atoms with Crippen LogP contribution in [0, 0.1) is 0 Å². The van der Waals surface area contributed by atoms with Gasteiger partial charge in [0.05, 0.1) is 5.69 Å². The Kier molecular flexibility index (Phi) is 5.53. The lowest BCUT2D eigenvalue weighted by Gasteiger charge is -2.11. The van der Waals surface area contributed by atoms with Gasteiger partial charge in [0.25, 0.3) is 0 Å². The molecule has 32 heavy (non-hydrogen) atoms. The molecule has 2 aromatic heterocycles. The van der Waals surface area contributed by atoms with E-state index in [0.717, 1.165) is 34.1 Å². The molecule has 0 fully saturated rings. The first-order chi connectivity index (χ1) is 15.8. The van der Waals surface area contributed by atoms with E-state index >= 15 is 0 Å². The van der Waals surface area contributed by atoms with Gasteiger partial charge in [0.2, 0.25) is 0 Å². The van der Waals surface area contributed by atoms with Crippen molar-refractivity contribution in [3.63, 3.8) is 0 Å². The van der Waals surface area contributed by atoms with Crippen molar-refractivity contribution in [2.45, 2.75) is 0 Å². The predicted molar refractivity (Wildman–Crippen MR) is 127 cm³/mol.